The normalized spacial score (nSPS) is 16.2. The quantitative estimate of drug-likeness (QED) is 0.688. The number of hydrogen-bond acceptors (Lipinski definition) is 5. The third kappa shape index (κ3) is 3.55. The number of nitrogens with zero attached hydrogens (tertiary/aromatic N) is 3. The molecule has 1 aliphatic rings. The van der Waals surface area contributed by atoms with Crippen LogP contribution in [0.5, 0.6) is 11.5 Å². The summed E-state index contributed by atoms with van der Waals surface area (Å²) in [5, 5.41) is 11.8. The lowest BCUT2D eigenvalue weighted by atomic mass is 9.91. The molecule has 154 valence electrons. The second-order valence-corrected chi connectivity index (χ2v) is 7.56. The van der Waals surface area contributed by atoms with Crippen LogP contribution in [0.15, 0.2) is 30.6 Å². The first kappa shape index (κ1) is 19.3. The first-order chi connectivity index (χ1) is 13.9. The molecule has 0 unspecified atom stereocenters. The first-order valence-electron chi connectivity index (χ1n) is 9.67. The highest BCUT2D eigenvalue weighted by molar-refractivity contribution is 6.00. The molecule has 1 aromatic carbocycles. The molecular formula is C21H26N4O4. The number of piperidine rings is 1. The topological polar surface area (TPSA) is 92.6 Å². The lowest BCUT2D eigenvalue weighted by molar-refractivity contribution is -0.0296. The van der Waals surface area contributed by atoms with Gasteiger partial charge in [-0.05, 0) is 38.0 Å². The van der Waals surface area contributed by atoms with Gasteiger partial charge < -0.3 is 29.0 Å². The Morgan fingerprint density at radius 2 is 2.03 bits per heavy atom. The molecule has 1 saturated heterocycles. The van der Waals surface area contributed by atoms with E-state index in [0.29, 0.717) is 49.7 Å². The summed E-state index contributed by atoms with van der Waals surface area (Å²) in [6.45, 7) is 3.41. The number of aryl methyl sites for hydroxylation is 1. The van der Waals surface area contributed by atoms with Crippen LogP contribution in [0.25, 0.3) is 10.9 Å². The Balaban J connectivity index is 1.49. The summed E-state index contributed by atoms with van der Waals surface area (Å²) in [6, 6.07) is 5.48. The van der Waals surface area contributed by atoms with Crippen LogP contribution in [-0.2, 0) is 6.54 Å². The van der Waals surface area contributed by atoms with Crippen LogP contribution in [0.2, 0.25) is 0 Å². The summed E-state index contributed by atoms with van der Waals surface area (Å²) in [5.74, 6) is 2.02. The molecule has 1 amide bonds. The Labute approximate surface area is 169 Å². The number of rotatable bonds is 5. The number of aromatic amines is 1. The smallest absolute Gasteiger partial charge is 0.270 e. The van der Waals surface area contributed by atoms with Crippen LogP contribution in [0.4, 0.5) is 0 Å². The van der Waals surface area contributed by atoms with Gasteiger partial charge in [-0.3, -0.25) is 4.79 Å². The second kappa shape index (κ2) is 7.44. The molecule has 0 radical (unpaired) electrons. The van der Waals surface area contributed by atoms with Crippen LogP contribution < -0.4 is 9.47 Å². The average Bonchev–Trinajstić information content (AvgIpc) is 3.33. The maximum atomic E-state index is 13.0. The van der Waals surface area contributed by atoms with Crippen molar-refractivity contribution in [2.45, 2.75) is 31.9 Å². The number of carbonyl (C=O) groups excluding carboxylic acids is 1. The fraction of sp³-hybridized carbons (Fsp3) is 0.429. The van der Waals surface area contributed by atoms with Crippen LogP contribution in [0, 0.1) is 6.92 Å². The van der Waals surface area contributed by atoms with E-state index in [-0.39, 0.29) is 5.91 Å². The van der Waals surface area contributed by atoms with Crippen molar-refractivity contribution in [1.29, 1.82) is 0 Å². The second-order valence-electron chi connectivity index (χ2n) is 7.56. The largest absolute Gasteiger partial charge is 0.493 e. The number of methoxy groups -OCH3 is 2. The number of aliphatic hydroxyl groups is 1. The van der Waals surface area contributed by atoms with E-state index in [0.717, 1.165) is 16.7 Å². The molecule has 1 fully saturated rings. The van der Waals surface area contributed by atoms with E-state index in [1.54, 1.807) is 31.4 Å². The number of imidazole rings is 1. The zero-order valence-electron chi connectivity index (χ0n) is 16.9. The molecule has 0 bridgehead atoms. The number of fused-ring (bicyclic) bond motifs is 1. The summed E-state index contributed by atoms with van der Waals surface area (Å²) in [4.78, 5) is 22.2. The third-order valence-corrected chi connectivity index (χ3v) is 5.74. The fourth-order valence-corrected chi connectivity index (χ4v) is 3.99. The van der Waals surface area contributed by atoms with Gasteiger partial charge in [0.05, 0.1) is 31.9 Å². The molecule has 8 nitrogen and oxygen atoms in total. The molecule has 0 aliphatic carbocycles. The van der Waals surface area contributed by atoms with Gasteiger partial charge >= 0.3 is 0 Å². The number of amides is 1. The zero-order chi connectivity index (χ0) is 20.6. The van der Waals surface area contributed by atoms with Gasteiger partial charge in [-0.25, -0.2) is 4.98 Å². The predicted molar refractivity (Wildman–Crippen MR) is 108 cm³/mol. The monoisotopic (exact) mass is 398 g/mol. The van der Waals surface area contributed by atoms with Crippen molar-refractivity contribution >= 4 is 16.8 Å². The lowest BCUT2D eigenvalue weighted by Crippen LogP contribution is -2.48. The number of H-pyrrole nitrogens is 1. The lowest BCUT2D eigenvalue weighted by Gasteiger charge is -2.38. The van der Waals surface area contributed by atoms with Crippen molar-refractivity contribution in [2.24, 2.45) is 0 Å². The highest BCUT2D eigenvalue weighted by Gasteiger charge is 2.35. The van der Waals surface area contributed by atoms with E-state index in [1.807, 2.05) is 29.8 Å². The van der Waals surface area contributed by atoms with Crippen molar-refractivity contribution in [1.82, 2.24) is 19.4 Å². The van der Waals surface area contributed by atoms with Gasteiger partial charge in [-0.1, -0.05) is 0 Å². The molecule has 0 spiro atoms. The van der Waals surface area contributed by atoms with Crippen molar-refractivity contribution < 1.29 is 19.4 Å². The summed E-state index contributed by atoms with van der Waals surface area (Å²) < 4.78 is 12.8. The number of aromatic nitrogens is 3. The number of benzene rings is 1. The van der Waals surface area contributed by atoms with Crippen molar-refractivity contribution in [3.8, 4) is 11.5 Å². The Hall–Kier alpha value is -3.00. The number of hydrogen-bond donors (Lipinski definition) is 2. The Kier molecular flexibility index (Phi) is 4.96. The molecule has 1 aliphatic heterocycles. The standard InChI is InChI=1S/C21H26N4O4/c1-14-22-8-11-25(14)13-21(27)6-9-24(10-7-21)20(26)17-12-15-16(23-17)4-5-18(28-2)19(15)29-3/h4-5,8,11-12,23,27H,6-7,9-10,13H2,1-3H3. The highest BCUT2D eigenvalue weighted by atomic mass is 16.5. The van der Waals surface area contributed by atoms with Crippen molar-refractivity contribution in [3.63, 3.8) is 0 Å². The first-order valence-corrected chi connectivity index (χ1v) is 9.67. The number of nitrogens with one attached hydrogen (secondary N) is 1. The van der Waals surface area contributed by atoms with E-state index < -0.39 is 5.60 Å². The van der Waals surface area contributed by atoms with Crippen LogP contribution in [0.1, 0.15) is 29.2 Å². The van der Waals surface area contributed by atoms with Crippen LogP contribution in [-0.4, -0.2) is 63.4 Å². The maximum absolute atomic E-state index is 13.0. The SMILES string of the molecule is COc1ccc2[nH]c(C(=O)N3CCC(O)(Cn4ccnc4C)CC3)cc2c1OC. The Morgan fingerprint density at radius 1 is 1.28 bits per heavy atom. The summed E-state index contributed by atoms with van der Waals surface area (Å²) in [6.07, 6.45) is 4.65. The molecule has 29 heavy (non-hydrogen) atoms. The van der Waals surface area contributed by atoms with E-state index in [1.165, 1.54) is 0 Å². The van der Waals surface area contributed by atoms with Gasteiger partial charge in [0.1, 0.15) is 11.5 Å². The van der Waals surface area contributed by atoms with Gasteiger partial charge in [0, 0.05) is 30.9 Å². The zero-order valence-corrected chi connectivity index (χ0v) is 16.9. The number of ether oxygens (including phenoxy) is 2. The average molecular weight is 398 g/mol. The Bertz CT molecular complexity index is 1030. The molecule has 0 saturated carbocycles. The third-order valence-electron chi connectivity index (χ3n) is 5.74. The summed E-state index contributed by atoms with van der Waals surface area (Å²) in [5.41, 5.74) is 0.483. The summed E-state index contributed by atoms with van der Waals surface area (Å²) in [7, 11) is 3.17. The predicted octanol–water partition coefficient (Wildman–Crippen LogP) is 2.36. The fourth-order valence-electron chi connectivity index (χ4n) is 3.99. The molecule has 4 rings (SSSR count). The van der Waals surface area contributed by atoms with E-state index in [9.17, 15) is 9.90 Å². The van der Waals surface area contributed by atoms with Gasteiger partial charge in [0.25, 0.3) is 5.91 Å². The molecule has 8 heteroatoms. The van der Waals surface area contributed by atoms with Gasteiger partial charge in [-0.2, -0.15) is 0 Å². The molecule has 2 aromatic heterocycles. The van der Waals surface area contributed by atoms with Crippen LogP contribution >= 0.6 is 0 Å². The van der Waals surface area contributed by atoms with E-state index >= 15 is 0 Å². The molecule has 0 atom stereocenters. The molecule has 3 aromatic rings. The minimum atomic E-state index is -0.834. The number of carbonyl (C=O) groups is 1. The molecule has 3 heterocycles. The Morgan fingerprint density at radius 3 is 2.66 bits per heavy atom. The van der Waals surface area contributed by atoms with Gasteiger partial charge in [0.15, 0.2) is 11.5 Å². The molecular weight excluding hydrogens is 372 g/mol. The van der Waals surface area contributed by atoms with Crippen LogP contribution in [0.3, 0.4) is 0 Å². The van der Waals surface area contributed by atoms with Crippen molar-refractivity contribution in [3.05, 3.63) is 42.1 Å². The van der Waals surface area contributed by atoms with E-state index in [4.69, 9.17) is 9.47 Å². The maximum Gasteiger partial charge on any atom is 0.270 e. The highest BCUT2D eigenvalue weighted by Crippen LogP contribution is 2.36. The minimum absolute atomic E-state index is 0.0805. The number of likely N-dealkylation sites (tertiary alicyclic amines) is 1. The van der Waals surface area contributed by atoms with Gasteiger partial charge in [-0.15, -0.1) is 0 Å². The summed E-state index contributed by atoms with van der Waals surface area (Å²) >= 11 is 0. The van der Waals surface area contributed by atoms with Crippen molar-refractivity contribution in [2.75, 3.05) is 27.3 Å². The van der Waals surface area contributed by atoms with Gasteiger partial charge in [0.2, 0.25) is 0 Å². The molecule has 2 N–H and O–H groups in total. The minimum Gasteiger partial charge on any atom is -0.493 e. The van der Waals surface area contributed by atoms with E-state index in [2.05, 4.69) is 9.97 Å².